The van der Waals surface area contributed by atoms with E-state index in [1.54, 1.807) is 0 Å². The van der Waals surface area contributed by atoms with Crippen LogP contribution >= 0.6 is 0 Å². The van der Waals surface area contributed by atoms with Crippen LogP contribution in [0.1, 0.15) is 35.1 Å². The molecule has 2 aromatic rings. The quantitative estimate of drug-likeness (QED) is 0.699. The molecule has 5 nitrogen and oxygen atoms in total. The van der Waals surface area contributed by atoms with Crippen molar-refractivity contribution >= 4 is 5.91 Å². The Hall–Kier alpha value is -2.98. The van der Waals surface area contributed by atoms with Crippen LogP contribution in [0.5, 0.6) is 5.75 Å². The monoisotopic (exact) mass is 425 g/mol. The standard InChI is InChI=1S/C24H25F2N3O2/c25-24(26)12-21(24)16-31-22-6-5-20-15-29(10-8-19(20)11-22)14-18-3-1-17(2-4-18)13-28-23(30)7-9-27/h1-6,11,21H,7-8,10,12-16H2,(H,28,30). The van der Waals surface area contributed by atoms with Crippen molar-refractivity contribution in [3.63, 3.8) is 0 Å². The van der Waals surface area contributed by atoms with E-state index < -0.39 is 11.8 Å². The molecule has 0 aromatic heterocycles. The number of fused-ring (bicyclic) bond motifs is 1. The predicted molar refractivity (Wildman–Crippen MR) is 111 cm³/mol. The van der Waals surface area contributed by atoms with Gasteiger partial charge in [0.1, 0.15) is 12.2 Å². The Morgan fingerprint density at radius 1 is 1.19 bits per heavy atom. The van der Waals surface area contributed by atoms with Crippen molar-refractivity contribution < 1.29 is 18.3 Å². The highest BCUT2D eigenvalue weighted by Gasteiger charge is 2.57. The zero-order valence-corrected chi connectivity index (χ0v) is 17.2. The number of hydrogen-bond donors (Lipinski definition) is 1. The van der Waals surface area contributed by atoms with Crippen LogP contribution in [0.3, 0.4) is 0 Å². The van der Waals surface area contributed by atoms with E-state index in [0.717, 1.165) is 31.6 Å². The van der Waals surface area contributed by atoms with E-state index in [2.05, 4.69) is 22.3 Å². The summed E-state index contributed by atoms with van der Waals surface area (Å²) in [6.45, 7) is 3.08. The second kappa shape index (κ2) is 9.03. The number of alkyl halides is 2. The van der Waals surface area contributed by atoms with Gasteiger partial charge in [0.2, 0.25) is 5.91 Å². The first-order valence-corrected chi connectivity index (χ1v) is 10.5. The number of carbonyl (C=O) groups is 1. The molecule has 1 aliphatic heterocycles. The molecule has 7 heteroatoms. The third kappa shape index (κ3) is 5.59. The van der Waals surface area contributed by atoms with Gasteiger partial charge < -0.3 is 10.1 Å². The minimum absolute atomic E-state index is 0.0658. The van der Waals surface area contributed by atoms with Gasteiger partial charge in [0.05, 0.1) is 18.6 Å². The fraction of sp³-hybridized carbons (Fsp3) is 0.417. The van der Waals surface area contributed by atoms with Crippen molar-refractivity contribution in [3.05, 3.63) is 64.7 Å². The van der Waals surface area contributed by atoms with Gasteiger partial charge in [-0.2, -0.15) is 5.26 Å². The molecule has 2 aliphatic rings. The predicted octanol–water partition coefficient (Wildman–Crippen LogP) is 3.81. The minimum atomic E-state index is -2.54. The molecule has 162 valence electrons. The van der Waals surface area contributed by atoms with Gasteiger partial charge in [-0.05, 0) is 40.8 Å². The molecule has 1 atom stereocenters. The van der Waals surface area contributed by atoms with Gasteiger partial charge in [-0.1, -0.05) is 30.3 Å². The molecule has 0 saturated heterocycles. The highest BCUT2D eigenvalue weighted by molar-refractivity contribution is 5.77. The third-order valence-corrected chi connectivity index (χ3v) is 5.83. The van der Waals surface area contributed by atoms with Crippen molar-refractivity contribution in [1.29, 1.82) is 5.26 Å². The lowest BCUT2D eigenvalue weighted by Crippen LogP contribution is -2.30. The summed E-state index contributed by atoms with van der Waals surface area (Å²) in [5.41, 5.74) is 4.66. The Morgan fingerprint density at radius 2 is 1.94 bits per heavy atom. The summed E-state index contributed by atoms with van der Waals surface area (Å²) >= 11 is 0. The van der Waals surface area contributed by atoms with Crippen LogP contribution in [0.4, 0.5) is 8.78 Å². The molecule has 1 aliphatic carbocycles. The lowest BCUT2D eigenvalue weighted by molar-refractivity contribution is -0.120. The second-order valence-corrected chi connectivity index (χ2v) is 8.29. The Kier molecular flexibility index (Phi) is 6.19. The van der Waals surface area contributed by atoms with E-state index in [1.165, 1.54) is 16.7 Å². The number of benzene rings is 2. The summed E-state index contributed by atoms with van der Waals surface area (Å²) in [7, 11) is 0. The van der Waals surface area contributed by atoms with Crippen molar-refractivity contribution in [2.45, 2.75) is 44.8 Å². The number of nitrogens with zero attached hydrogens (tertiary/aromatic N) is 2. The molecule has 0 radical (unpaired) electrons. The van der Waals surface area contributed by atoms with Crippen LogP contribution < -0.4 is 10.1 Å². The van der Waals surface area contributed by atoms with Gasteiger partial charge in [0.15, 0.2) is 0 Å². The molecule has 0 spiro atoms. The number of hydrogen-bond acceptors (Lipinski definition) is 4. The lowest BCUT2D eigenvalue weighted by atomic mass is 9.99. The van der Waals surface area contributed by atoms with E-state index in [0.29, 0.717) is 12.3 Å². The maximum absolute atomic E-state index is 13.0. The van der Waals surface area contributed by atoms with Gasteiger partial charge >= 0.3 is 0 Å². The number of ether oxygens (including phenoxy) is 1. The number of nitriles is 1. The molecule has 31 heavy (non-hydrogen) atoms. The summed E-state index contributed by atoms with van der Waals surface area (Å²) in [5, 5.41) is 11.2. The number of carbonyl (C=O) groups excluding carboxylic acids is 1. The SMILES string of the molecule is N#CCC(=O)NCc1ccc(CN2CCc3cc(OCC4CC4(F)F)ccc3C2)cc1. The first kappa shape index (κ1) is 21.3. The van der Waals surface area contributed by atoms with Gasteiger partial charge in [-0.15, -0.1) is 0 Å². The number of rotatable bonds is 8. The fourth-order valence-corrected chi connectivity index (χ4v) is 3.82. The van der Waals surface area contributed by atoms with E-state index in [9.17, 15) is 13.6 Å². The second-order valence-electron chi connectivity index (χ2n) is 8.29. The molecular weight excluding hydrogens is 400 g/mol. The largest absolute Gasteiger partial charge is 0.493 e. The zero-order chi connectivity index (χ0) is 21.8. The highest BCUT2D eigenvalue weighted by Crippen LogP contribution is 2.48. The summed E-state index contributed by atoms with van der Waals surface area (Å²) in [4.78, 5) is 13.8. The van der Waals surface area contributed by atoms with Gasteiger partial charge in [-0.3, -0.25) is 9.69 Å². The maximum Gasteiger partial charge on any atom is 0.255 e. The molecule has 0 bridgehead atoms. The van der Waals surface area contributed by atoms with Crippen molar-refractivity contribution in [3.8, 4) is 11.8 Å². The fourth-order valence-electron chi connectivity index (χ4n) is 3.82. The topological polar surface area (TPSA) is 65.4 Å². The molecule has 4 rings (SSSR count). The molecule has 2 aromatic carbocycles. The van der Waals surface area contributed by atoms with Crippen molar-refractivity contribution in [2.24, 2.45) is 5.92 Å². The Balaban J connectivity index is 1.27. The van der Waals surface area contributed by atoms with Crippen LogP contribution in [0.25, 0.3) is 0 Å². The summed E-state index contributed by atoms with van der Waals surface area (Å²) in [5.74, 6) is -2.78. The Morgan fingerprint density at radius 3 is 2.65 bits per heavy atom. The maximum atomic E-state index is 13.0. The van der Waals surface area contributed by atoms with Crippen molar-refractivity contribution in [1.82, 2.24) is 10.2 Å². The van der Waals surface area contributed by atoms with Crippen LogP contribution in [-0.4, -0.2) is 29.9 Å². The Labute approximate surface area is 180 Å². The summed E-state index contributed by atoms with van der Waals surface area (Å²) < 4.78 is 31.6. The molecule has 1 fully saturated rings. The van der Waals surface area contributed by atoms with Gasteiger partial charge in [0.25, 0.3) is 5.92 Å². The average molecular weight is 425 g/mol. The van der Waals surface area contributed by atoms with Gasteiger partial charge in [0, 0.05) is 32.6 Å². The molecular formula is C24H25F2N3O2. The van der Waals surface area contributed by atoms with Crippen LogP contribution in [0.15, 0.2) is 42.5 Å². The van der Waals surface area contributed by atoms with Crippen molar-refractivity contribution in [2.75, 3.05) is 13.2 Å². The molecule has 1 saturated carbocycles. The first-order chi connectivity index (χ1) is 14.9. The lowest BCUT2D eigenvalue weighted by Gasteiger charge is -2.29. The van der Waals surface area contributed by atoms with Crippen LogP contribution in [0, 0.1) is 17.2 Å². The summed E-state index contributed by atoms with van der Waals surface area (Å²) in [6, 6.07) is 15.8. The number of amides is 1. The van der Waals surface area contributed by atoms with E-state index >= 15 is 0 Å². The average Bonchev–Trinajstić information content (AvgIpc) is 3.38. The van der Waals surface area contributed by atoms with Crippen LogP contribution in [0.2, 0.25) is 0 Å². The van der Waals surface area contributed by atoms with E-state index in [1.807, 2.05) is 36.4 Å². The first-order valence-electron chi connectivity index (χ1n) is 10.5. The normalized spacial score (nSPS) is 19.2. The number of halogens is 2. The highest BCUT2D eigenvalue weighted by atomic mass is 19.3. The van der Waals surface area contributed by atoms with E-state index in [-0.39, 0.29) is 25.4 Å². The molecule has 1 unspecified atom stereocenters. The van der Waals surface area contributed by atoms with E-state index in [4.69, 9.17) is 10.00 Å². The molecule has 1 heterocycles. The van der Waals surface area contributed by atoms with Gasteiger partial charge in [-0.25, -0.2) is 8.78 Å². The molecule has 1 amide bonds. The third-order valence-electron chi connectivity index (χ3n) is 5.83. The Bertz CT molecular complexity index is 985. The van der Waals surface area contributed by atoms with Crippen LogP contribution in [-0.2, 0) is 30.8 Å². The minimum Gasteiger partial charge on any atom is -0.493 e. The summed E-state index contributed by atoms with van der Waals surface area (Å²) in [6.07, 6.45) is 0.706. The molecule has 1 N–H and O–H groups in total. The number of nitrogens with one attached hydrogen (secondary N) is 1. The zero-order valence-electron chi connectivity index (χ0n) is 17.2. The smallest absolute Gasteiger partial charge is 0.255 e.